The lowest BCUT2D eigenvalue weighted by molar-refractivity contribution is 0.0718. The average molecular weight is 270 g/mol. The molecule has 1 unspecified atom stereocenters. The highest BCUT2D eigenvalue weighted by atomic mass is 35.5. The van der Waals surface area contributed by atoms with E-state index in [2.05, 4.69) is 4.98 Å². The van der Waals surface area contributed by atoms with Gasteiger partial charge in [0.15, 0.2) is 0 Å². The fraction of sp³-hybridized carbons (Fsp3) is 0.538. The van der Waals surface area contributed by atoms with Crippen LogP contribution in [0.2, 0.25) is 0 Å². The molecule has 1 aliphatic carbocycles. The molecule has 1 aromatic heterocycles. The van der Waals surface area contributed by atoms with E-state index >= 15 is 0 Å². The Hall–Kier alpha value is -1.13. The molecule has 18 heavy (non-hydrogen) atoms. The van der Waals surface area contributed by atoms with E-state index in [0.29, 0.717) is 18.0 Å². The predicted octanol–water partition coefficient (Wildman–Crippen LogP) is 1.62. The van der Waals surface area contributed by atoms with E-state index in [1.165, 1.54) is 12.8 Å². The fourth-order valence-corrected chi connectivity index (χ4v) is 2.17. The molecule has 0 radical (unpaired) electrons. The van der Waals surface area contributed by atoms with Gasteiger partial charge in [0.25, 0.3) is 5.91 Å². The molecule has 1 fully saturated rings. The van der Waals surface area contributed by atoms with Gasteiger partial charge in [-0.2, -0.15) is 0 Å². The van der Waals surface area contributed by atoms with Gasteiger partial charge >= 0.3 is 0 Å². The van der Waals surface area contributed by atoms with Gasteiger partial charge in [-0.05, 0) is 37.3 Å². The van der Waals surface area contributed by atoms with Crippen LogP contribution in [0.25, 0.3) is 0 Å². The third-order valence-electron chi connectivity index (χ3n) is 3.35. The average Bonchev–Trinajstić information content (AvgIpc) is 3.13. The first-order chi connectivity index (χ1) is 8.13. The van der Waals surface area contributed by atoms with E-state index in [9.17, 15) is 4.79 Å². The molecule has 1 aromatic rings. The Morgan fingerprint density at radius 2 is 2.22 bits per heavy atom. The van der Waals surface area contributed by atoms with E-state index in [4.69, 9.17) is 5.73 Å². The van der Waals surface area contributed by atoms with Crippen LogP contribution in [0.1, 0.15) is 28.8 Å². The number of likely N-dealkylation sites (N-methyl/N-ethyl adjacent to an activating group) is 1. The van der Waals surface area contributed by atoms with Gasteiger partial charge in [-0.15, -0.1) is 12.4 Å². The highest BCUT2D eigenvalue weighted by molar-refractivity contribution is 5.94. The van der Waals surface area contributed by atoms with Crippen LogP contribution < -0.4 is 5.73 Å². The SMILES string of the molecule is Cc1cncc(C(=O)N(C)C(CN)C2CC2)c1.Cl. The summed E-state index contributed by atoms with van der Waals surface area (Å²) in [6, 6.07) is 2.04. The molecule has 2 N–H and O–H groups in total. The van der Waals surface area contributed by atoms with Crippen molar-refractivity contribution in [2.24, 2.45) is 11.7 Å². The Bertz CT molecular complexity index is 420. The van der Waals surface area contributed by atoms with Crippen LogP contribution in [-0.4, -0.2) is 35.4 Å². The van der Waals surface area contributed by atoms with Crippen molar-refractivity contribution in [1.29, 1.82) is 0 Å². The molecule has 100 valence electrons. The van der Waals surface area contributed by atoms with Crippen molar-refractivity contribution in [2.75, 3.05) is 13.6 Å². The van der Waals surface area contributed by atoms with Gasteiger partial charge < -0.3 is 10.6 Å². The number of halogens is 1. The molecule has 0 saturated heterocycles. The molecular formula is C13H20ClN3O. The van der Waals surface area contributed by atoms with Crippen LogP contribution in [0, 0.1) is 12.8 Å². The second-order valence-electron chi connectivity index (χ2n) is 4.81. The molecule has 0 aromatic carbocycles. The summed E-state index contributed by atoms with van der Waals surface area (Å²) in [6.07, 6.45) is 5.74. The number of carbonyl (C=O) groups excluding carboxylic acids is 1. The normalized spacial score (nSPS) is 15.7. The van der Waals surface area contributed by atoms with Gasteiger partial charge in [-0.1, -0.05) is 0 Å². The number of hydrogen-bond acceptors (Lipinski definition) is 3. The van der Waals surface area contributed by atoms with Crippen LogP contribution in [0.15, 0.2) is 18.5 Å². The second-order valence-corrected chi connectivity index (χ2v) is 4.81. The van der Waals surface area contributed by atoms with Gasteiger partial charge in [0.1, 0.15) is 0 Å². The van der Waals surface area contributed by atoms with Crippen LogP contribution in [0.3, 0.4) is 0 Å². The molecule has 2 rings (SSSR count). The zero-order chi connectivity index (χ0) is 12.4. The maximum absolute atomic E-state index is 12.3. The Kier molecular flexibility index (Phi) is 5.11. The third kappa shape index (κ3) is 3.21. The molecule has 1 atom stereocenters. The summed E-state index contributed by atoms with van der Waals surface area (Å²) >= 11 is 0. The zero-order valence-corrected chi connectivity index (χ0v) is 11.6. The van der Waals surface area contributed by atoms with E-state index in [1.54, 1.807) is 17.3 Å². The topological polar surface area (TPSA) is 59.2 Å². The largest absolute Gasteiger partial charge is 0.337 e. The summed E-state index contributed by atoms with van der Waals surface area (Å²) in [7, 11) is 1.83. The second kappa shape index (κ2) is 6.16. The van der Waals surface area contributed by atoms with Crippen molar-refractivity contribution in [3.05, 3.63) is 29.6 Å². The highest BCUT2D eigenvalue weighted by Crippen LogP contribution is 2.34. The van der Waals surface area contributed by atoms with Crippen molar-refractivity contribution >= 4 is 18.3 Å². The van der Waals surface area contributed by atoms with Crippen molar-refractivity contribution in [2.45, 2.75) is 25.8 Å². The Labute approximate surface area is 114 Å². The number of hydrogen-bond donors (Lipinski definition) is 1. The molecule has 0 bridgehead atoms. The molecule has 1 heterocycles. The number of carbonyl (C=O) groups is 1. The Balaban J connectivity index is 0.00000162. The van der Waals surface area contributed by atoms with Crippen LogP contribution >= 0.6 is 12.4 Å². The summed E-state index contributed by atoms with van der Waals surface area (Å²) in [5.41, 5.74) is 7.40. The third-order valence-corrected chi connectivity index (χ3v) is 3.35. The Morgan fingerprint density at radius 1 is 1.56 bits per heavy atom. The Morgan fingerprint density at radius 3 is 2.72 bits per heavy atom. The van der Waals surface area contributed by atoms with E-state index in [0.717, 1.165) is 5.56 Å². The fourth-order valence-electron chi connectivity index (χ4n) is 2.17. The zero-order valence-electron chi connectivity index (χ0n) is 10.8. The van der Waals surface area contributed by atoms with Crippen molar-refractivity contribution in [1.82, 2.24) is 9.88 Å². The minimum atomic E-state index is 0. The van der Waals surface area contributed by atoms with Gasteiger partial charge in [0, 0.05) is 32.0 Å². The molecule has 0 spiro atoms. The molecule has 1 aliphatic rings. The summed E-state index contributed by atoms with van der Waals surface area (Å²) in [5.74, 6) is 0.607. The maximum atomic E-state index is 12.3. The predicted molar refractivity (Wildman–Crippen MR) is 73.9 cm³/mol. The monoisotopic (exact) mass is 269 g/mol. The minimum absolute atomic E-state index is 0. The van der Waals surface area contributed by atoms with Crippen molar-refractivity contribution in [3.8, 4) is 0 Å². The van der Waals surface area contributed by atoms with Crippen LogP contribution in [0.5, 0.6) is 0 Å². The van der Waals surface area contributed by atoms with Gasteiger partial charge in [0.05, 0.1) is 5.56 Å². The number of nitrogens with two attached hydrogens (primary N) is 1. The lowest BCUT2D eigenvalue weighted by atomic mass is 10.1. The summed E-state index contributed by atoms with van der Waals surface area (Å²) in [5, 5.41) is 0. The summed E-state index contributed by atoms with van der Waals surface area (Å²) < 4.78 is 0. The molecule has 5 heteroatoms. The first-order valence-corrected chi connectivity index (χ1v) is 6.02. The lowest BCUT2D eigenvalue weighted by Gasteiger charge is -2.27. The number of pyridine rings is 1. The number of nitrogens with zero attached hydrogens (tertiary/aromatic N) is 2. The lowest BCUT2D eigenvalue weighted by Crippen LogP contribution is -2.43. The maximum Gasteiger partial charge on any atom is 0.255 e. The van der Waals surface area contributed by atoms with E-state index in [1.807, 2.05) is 20.0 Å². The number of rotatable bonds is 4. The smallest absolute Gasteiger partial charge is 0.255 e. The van der Waals surface area contributed by atoms with Gasteiger partial charge in [-0.25, -0.2) is 0 Å². The first kappa shape index (κ1) is 14.9. The number of aryl methyl sites for hydroxylation is 1. The first-order valence-electron chi connectivity index (χ1n) is 6.02. The van der Waals surface area contributed by atoms with E-state index < -0.39 is 0 Å². The van der Waals surface area contributed by atoms with Crippen molar-refractivity contribution in [3.63, 3.8) is 0 Å². The molecule has 1 saturated carbocycles. The summed E-state index contributed by atoms with van der Waals surface area (Å²) in [6.45, 7) is 2.47. The molecule has 4 nitrogen and oxygen atoms in total. The molecule has 0 aliphatic heterocycles. The van der Waals surface area contributed by atoms with Gasteiger partial charge in [-0.3, -0.25) is 9.78 Å². The highest BCUT2D eigenvalue weighted by Gasteiger charge is 2.35. The summed E-state index contributed by atoms with van der Waals surface area (Å²) in [4.78, 5) is 18.1. The standard InChI is InChI=1S/C13H19N3O.ClH/c1-9-5-11(8-15-7-9)13(17)16(2)12(6-14)10-3-4-10;/h5,7-8,10,12H,3-4,6,14H2,1-2H3;1H. The number of aromatic nitrogens is 1. The van der Waals surface area contributed by atoms with Crippen molar-refractivity contribution < 1.29 is 4.79 Å². The number of amides is 1. The van der Waals surface area contributed by atoms with Crippen LogP contribution in [-0.2, 0) is 0 Å². The van der Waals surface area contributed by atoms with Crippen LogP contribution in [0.4, 0.5) is 0 Å². The molecule has 1 amide bonds. The molecular weight excluding hydrogens is 250 g/mol. The van der Waals surface area contributed by atoms with Gasteiger partial charge in [0.2, 0.25) is 0 Å². The minimum Gasteiger partial charge on any atom is -0.337 e. The quantitative estimate of drug-likeness (QED) is 0.904. The van der Waals surface area contributed by atoms with E-state index in [-0.39, 0.29) is 24.4 Å².